The quantitative estimate of drug-likeness (QED) is 0.507. The van der Waals surface area contributed by atoms with Crippen molar-refractivity contribution in [2.24, 2.45) is 5.92 Å². The van der Waals surface area contributed by atoms with E-state index in [2.05, 4.69) is 52.9 Å². The highest BCUT2D eigenvalue weighted by atomic mass is 28.4. The van der Waals surface area contributed by atoms with E-state index in [0.717, 1.165) is 6.42 Å². The Morgan fingerprint density at radius 2 is 2.05 bits per heavy atom. The predicted molar refractivity (Wildman–Crippen MR) is 89.3 cm³/mol. The van der Waals surface area contributed by atoms with Crippen molar-refractivity contribution in [3.63, 3.8) is 0 Å². The summed E-state index contributed by atoms with van der Waals surface area (Å²) in [5.74, 6) is 1.67. The lowest BCUT2D eigenvalue weighted by molar-refractivity contribution is 0.232. The normalized spacial score (nSPS) is 21.6. The van der Waals surface area contributed by atoms with Crippen molar-refractivity contribution in [3.05, 3.63) is 23.5 Å². The van der Waals surface area contributed by atoms with Gasteiger partial charge in [0, 0.05) is 13.0 Å². The van der Waals surface area contributed by atoms with Crippen LogP contribution in [-0.2, 0) is 9.16 Å². The van der Waals surface area contributed by atoms with Crippen LogP contribution in [0.25, 0.3) is 0 Å². The third-order valence-electron chi connectivity index (χ3n) is 4.69. The lowest BCUT2D eigenvalue weighted by Crippen LogP contribution is -2.41. The van der Waals surface area contributed by atoms with Gasteiger partial charge in [-0.2, -0.15) is 0 Å². The van der Waals surface area contributed by atoms with E-state index in [-0.39, 0.29) is 5.04 Å². The molecule has 3 heteroatoms. The average Bonchev–Trinajstić information content (AvgIpc) is 2.34. The Morgan fingerprint density at radius 3 is 2.60 bits per heavy atom. The third kappa shape index (κ3) is 4.49. The molecule has 0 bridgehead atoms. The highest BCUT2D eigenvalue weighted by Gasteiger charge is 2.40. The second kappa shape index (κ2) is 6.95. The Bertz CT molecular complexity index is 375. The Balaban J connectivity index is 2.88. The van der Waals surface area contributed by atoms with E-state index in [1.165, 1.54) is 24.2 Å². The van der Waals surface area contributed by atoms with Crippen LogP contribution in [0.3, 0.4) is 0 Å². The molecule has 1 atom stereocenters. The van der Waals surface area contributed by atoms with Gasteiger partial charge in [-0.1, -0.05) is 32.4 Å². The zero-order valence-corrected chi connectivity index (χ0v) is 15.4. The second-order valence-electron chi connectivity index (χ2n) is 7.36. The van der Waals surface area contributed by atoms with Gasteiger partial charge >= 0.3 is 0 Å². The lowest BCUT2D eigenvalue weighted by atomic mass is 9.88. The topological polar surface area (TPSA) is 18.5 Å². The molecule has 0 saturated carbocycles. The third-order valence-corrected chi connectivity index (χ3v) is 9.05. The molecule has 0 fully saturated rings. The molecule has 1 rings (SSSR count). The average molecular weight is 297 g/mol. The standard InChI is InChI=1S/C17H32O2Si/c1-14(12-13-18-5)15-10-8-9-11-16(15)19-20(6,7)17(2,3)4/h11-12,15H,8-10,13H2,1-7H3/b14-12+. The van der Waals surface area contributed by atoms with Crippen LogP contribution in [0.2, 0.25) is 18.1 Å². The number of allylic oxidation sites excluding steroid dienone is 2. The van der Waals surface area contributed by atoms with Crippen LogP contribution in [0, 0.1) is 5.92 Å². The molecule has 0 aliphatic heterocycles. The van der Waals surface area contributed by atoms with Crippen LogP contribution >= 0.6 is 0 Å². The number of ether oxygens (including phenoxy) is 1. The fraction of sp³-hybridized carbons (Fsp3) is 0.765. The second-order valence-corrected chi connectivity index (χ2v) is 12.1. The van der Waals surface area contributed by atoms with Gasteiger partial charge in [-0.05, 0) is 50.4 Å². The Kier molecular flexibility index (Phi) is 6.08. The first kappa shape index (κ1) is 17.5. The molecular weight excluding hydrogens is 264 g/mol. The zero-order chi connectivity index (χ0) is 15.4. The van der Waals surface area contributed by atoms with Crippen LogP contribution in [-0.4, -0.2) is 22.0 Å². The van der Waals surface area contributed by atoms with Crippen LogP contribution in [0.15, 0.2) is 23.5 Å². The van der Waals surface area contributed by atoms with E-state index in [1.54, 1.807) is 7.11 Å². The summed E-state index contributed by atoms with van der Waals surface area (Å²) < 4.78 is 11.7. The molecule has 0 aromatic rings. The number of rotatable bonds is 5. The number of methoxy groups -OCH3 is 1. The van der Waals surface area contributed by atoms with Crippen molar-refractivity contribution < 1.29 is 9.16 Å². The molecule has 0 heterocycles. The van der Waals surface area contributed by atoms with Gasteiger partial charge in [-0.15, -0.1) is 0 Å². The number of hydrogen-bond donors (Lipinski definition) is 0. The molecule has 0 spiro atoms. The first-order valence-electron chi connectivity index (χ1n) is 7.73. The molecule has 2 nitrogen and oxygen atoms in total. The highest BCUT2D eigenvalue weighted by Crippen LogP contribution is 2.41. The van der Waals surface area contributed by atoms with Crippen molar-refractivity contribution in [2.45, 2.75) is 65.1 Å². The summed E-state index contributed by atoms with van der Waals surface area (Å²) in [6, 6.07) is 0. The maximum Gasteiger partial charge on any atom is 0.250 e. The summed E-state index contributed by atoms with van der Waals surface area (Å²) in [7, 11) is 0.00560. The van der Waals surface area contributed by atoms with Crippen LogP contribution in [0.1, 0.15) is 47.0 Å². The molecule has 1 aliphatic rings. The minimum Gasteiger partial charge on any atom is -0.546 e. The zero-order valence-electron chi connectivity index (χ0n) is 14.4. The molecule has 116 valence electrons. The van der Waals surface area contributed by atoms with Crippen LogP contribution in [0.5, 0.6) is 0 Å². The highest BCUT2D eigenvalue weighted by molar-refractivity contribution is 6.74. The molecule has 0 aromatic carbocycles. The Labute approximate surface area is 126 Å². The van der Waals surface area contributed by atoms with Gasteiger partial charge in [0.2, 0.25) is 8.32 Å². The smallest absolute Gasteiger partial charge is 0.250 e. The van der Waals surface area contributed by atoms with Crippen molar-refractivity contribution in [2.75, 3.05) is 13.7 Å². The van der Waals surface area contributed by atoms with Crippen LogP contribution < -0.4 is 0 Å². The molecular formula is C17H32O2Si. The summed E-state index contributed by atoms with van der Waals surface area (Å²) in [4.78, 5) is 0. The maximum absolute atomic E-state index is 6.58. The molecule has 0 aromatic heterocycles. The van der Waals surface area contributed by atoms with E-state index in [0.29, 0.717) is 12.5 Å². The van der Waals surface area contributed by atoms with Gasteiger partial charge in [0.25, 0.3) is 0 Å². The van der Waals surface area contributed by atoms with Gasteiger partial charge in [-0.3, -0.25) is 0 Å². The van der Waals surface area contributed by atoms with Crippen LogP contribution in [0.4, 0.5) is 0 Å². The number of hydrogen-bond acceptors (Lipinski definition) is 2. The predicted octanol–water partition coefficient (Wildman–Crippen LogP) is 5.28. The minimum atomic E-state index is -1.74. The first-order valence-corrected chi connectivity index (χ1v) is 10.6. The van der Waals surface area contributed by atoms with Gasteiger partial charge in [0.05, 0.1) is 12.4 Å². The SMILES string of the molecule is COC/C=C(\C)C1CCCC=C1O[Si](C)(C)C(C)(C)C. The van der Waals surface area contributed by atoms with Crippen molar-refractivity contribution in [3.8, 4) is 0 Å². The molecule has 1 aliphatic carbocycles. The molecule has 0 amide bonds. The molecule has 0 radical (unpaired) electrons. The summed E-state index contributed by atoms with van der Waals surface area (Å²) in [6.07, 6.45) is 8.12. The van der Waals surface area contributed by atoms with Gasteiger partial charge in [-0.25, -0.2) is 0 Å². The van der Waals surface area contributed by atoms with Gasteiger partial charge in [0.15, 0.2) is 0 Å². The molecule has 20 heavy (non-hydrogen) atoms. The monoisotopic (exact) mass is 296 g/mol. The minimum absolute atomic E-state index is 0.250. The van der Waals surface area contributed by atoms with E-state index in [1.807, 2.05) is 0 Å². The maximum atomic E-state index is 6.58. The van der Waals surface area contributed by atoms with E-state index in [9.17, 15) is 0 Å². The van der Waals surface area contributed by atoms with E-state index >= 15 is 0 Å². The fourth-order valence-corrected chi connectivity index (χ4v) is 3.34. The van der Waals surface area contributed by atoms with E-state index < -0.39 is 8.32 Å². The van der Waals surface area contributed by atoms with Gasteiger partial charge in [0.1, 0.15) is 0 Å². The molecule has 0 N–H and O–H groups in total. The largest absolute Gasteiger partial charge is 0.546 e. The van der Waals surface area contributed by atoms with Gasteiger partial charge < -0.3 is 9.16 Å². The van der Waals surface area contributed by atoms with Crippen molar-refractivity contribution in [1.29, 1.82) is 0 Å². The summed E-state index contributed by atoms with van der Waals surface area (Å²) in [6.45, 7) is 14.4. The first-order chi connectivity index (χ1) is 9.19. The Hall–Kier alpha value is -0.543. The summed E-state index contributed by atoms with van der Waals surface area (Å²) >= 11 is 0. The molecule has 0 saturated heterocycles. The molecule has 1 unspecified atom stereocenters. The lowest BCUT2D eigenvalue weighted by Gasteiger charge is -2.40. The summed E-state index contributed by atoms with van der Waals surface area (Å²) in [5.41, 5.74) is 1.39. The van der Waals surface area contributed by atoms with Crippen molar-refractivity contribution >= 4 is 8.32 Å². The van der Waals surface area contributed by atoms with Crippen molar-refractivity contribution in [1.82, 2.24) is 0 Å². The van der Waals surface area contributed by atoms with E-state index in [4.69, 9.17) is 9.16 Å². The fourth-order valence-electron chi connectivity index (χ4n) is 2.22. The summed E-state index contributed by atoms with van der Waals surface area (Å²) in [5, 5.41) is 0.250. The Morgan fingerprint density at radius 1 is 1.40 bits per heavy atom.